The molecule has 1 saturated heterocycles. The van der Waals surface area contributed by atoms with E-state index in [1.165, 1.54) is 0 Å². The van der Waals surface area contributed by atoms with Crippen LogP contribution in [0.15, 0.2) is 22.7 Å². The maximum atomic E-state index is 12.6. The van der Waals surface area contributed by atoms with Gasteiger partial charge >= 0.3 is 5.97 Å². The summed E-state index contributed by atoms with van der Waals surface area (Å²) in [7, 11) is 1.57. The first-order chi connectivity index (χ1) is 10.1. The number of hydrogen-bond donors (Lipinski definition) is 0. The number of esters is 1. The van der Waals surface area contributed by atoms with E-state index in [9.17, 15) is 9.59 Å². The summed E-state index contributed by atoms with van der Waals surface area (Å²) >= 11 is 3.37. The van der Waals surface area contributed by atoms with Gasteiger partial charge in [-0.2, -0.15) is 0 Å². The summed E-state index contributed by atoms with van der Waals surface area (Å²) in [6, 6.07) is 4.67. The lowest BCUT2D eigenvalue weighted by atomic mass is 10.1. The molecule has 0 saturated carbocycles. The SMILES string of the molecule is CCOC(=O)[C@@H]1CCCN1C(=O)c1ccc(OC)c(Br)c1. The van der Waals surface area contributed by atoms with E-state index >= 15 is 0 Å². The second-order valence-corrected chi connectivity index (χ2v) is 5.61. The second kappa shape index (κ2) is 6.93. The fraction of sp³-hybridized carbons (Fsp3) is 0.467. The van der Waals surface area contributed by atoms with Crippen molar-refractivity contribution in [3.8, 4) is 5.75 Å². The van der Waals surface area contributed by atoms with E-state index in [-0.39, 0.29) is 11.9 Å². The Bertz CT molecular complexity index is 546. The number of rotatable bonds is 4. The minimum Gasteiger partial charge on any atom is -0.496 e. The van der Waals surface area contributed by atoms with Crippen molar-refractivity contribution in [3.05, 3.63) is 28.2 Å². The smallest absolute Gasteiger partial charge is 0.328 e. The van der Waals surface area contributed by atoms with Crippen molar-refractivity contribution >= 4 is 27.8 Å². The number of halogens is 1. The van der Waals surface area contributed by atoms with Crippen LogP contribution in [0.2, 0.25) is 0 Å². The molecule has 0 aliphatic carbocycles. The Labute approximate surface area is 132 Å². The van der Waals surface area contributed by atoms with E-state index in [4.69, 9.17) is 9.47 Å². The maximum absolute atomic E-state index is 12.6. The predicted octanol–water partition coefficient (Wildman–Crippen LogP) is 2.63. The van der Waals surface area contributed by atoms with Crippen LogP contribution >= 0.6 is 15.9 Å². The Morgan fingerprint density at radius 3 is 2.81 bits per heavy atom. The van der Waals surface area contributed by atoms with Gasteiger partial charge in [0.15, 0.2) is 0 Å². The number of amides is 1. The van der Waals surface area contributed by atoms with Crippen molar-refractivity contribution in [2.24, 2.45) is 0 Å². The molecule has 21 heavy (non-hydrogen) atoms. The first-order valence-corrected chi connectivity index (χ1v) is 7.69. The highest BCUT2D eigenvalue weighted by Gasteiger charge is 2.35. The molecule has 1 aromatic carbocycles. The Balaban J connectivity index is 2.18. The molecule has 6 heteroatoms. The Hall–Kier alpha value is -1.56. The Kier molecular flexibility index (Phi) is 5.22. The van der Waals surface area contributed by atoms with Crippen LogP contribution in [0.4, 0.5) is 0 Å². The molecule has 1 aromatic rings. The summed E-state index contributed by atoms with van der Waals surface area (Å²) in [6.07, 6.45) is 1.47. The first kappa shape index (κ1) is 15.8. The minimum atomic E-state index is -0.474. The molecule has 114 valence electrons. The number of hydrogen-bond acceptors (Lipinski definition) is 4. The van der Waals surface area contributed by atoms with Gasteiger partial charge in [0.25, 0.3) is 5.91 Å². The summed E-state index contributed by atoms with van der Waals surface area (Å²) in [4.78, 5) is 26.1. The molecule has 5 nitrogen and oxygen atoms in total. The highest BCUT2D eigenvalue weighted by Crippen LogP contribution is 2.28. The van der Waals surface area contributed by atoms with Gasteiger partial charge in [-0.1, -0.05) is 0 Å². The fourth-order valence-electron chi connectivity index (χ4n) is 2.46. The number of methoxy groups -OCH3 is 1. The van der Waals surface area contributed by atoms with E-state index in [1.54, 1.807) is 37.1 Å². The molecule has 0 bridgehead atoms. The topological polar surface area (TPSA) is 55.8 Å². The zero-order chi connectivity index (χ0) is 15.4. The molecule has 0 spiro atoms. The van der Waals surface area contributed by atoms with Gasteiger partial charge in [-0.15, -0.1) is 0 Å². The van der Waals surface area contributed by atoms with Crippen molar-refractivity contribution in [2.75, 3.05) is 20.3 Å². The number of likely N-dealkylation sites (tertiary alicyclic amines) is 1. The third kappa shape index (κ3) is 3.37. The van der Waals surface area contributed by atoms with Gasteiger partial charge in [-0.3, -0.25) is 4.79 Å². The van der Waals surface area contributed by atoms with Gasteiger partial charge < -0.3 is 14.4 Å². The van der Waals surface area contributed by atoms with Gasteiger partial charge in [0, 0.05) is 12.1 Å². The molecule has 1 aliphatic heterocycles. The van der Waals surface area contributed by atoms with E-state index in [2.05, 4.69) is 15.9 Å². The van der Waals surface area contributed by atoms with Gasteiger partial charge in [0.2, 0.25) is 0 Å². The molecule has 0 aromatic heterocycles. The summed E-state index contributed by atoms with van der Waals surface area (Å²) in [5.74, 6) is 0.180. The zero-order valence-corrected chi connectivity index (χ0v) is 13.7. The lowest BCUT2D eigenvalue weighted by Gasteiger charge is -2.23. The molecule has 1 amide bonds. The molecule has 1 atom stereocenters. The highest BCUT2D eigenvalue weighted by atomic mass is 79.9. The number of nitrogens with zero attached hydrogens (tertiary/aromatic N) is 1. The molecule has 0 N–H and O–H groups in total. The van der Waals surface area contributed by atoms with Crippen LogP contribution in [0.25, 0.3) is 0 Å². The maximum Gasteiger partial charge on any atom is 0.328 e. The largest absolute Gasteiger partial charge is 0.496 e. The predicted molar refractivity (Wildman–Crippen MR) is 81.4 cm³/mol. The monoisotopic (exact) mass is 355 g/mol. The standard InChI is InChI=1S/C15H18BrNO4/c1-3-21-15(19)12-5-4-8-17(12)14(18)10-6-7-13(20-2)11(16)9-10/h6-7,9,12H,3-5,8H2,1-2H3/t12-/m0/s1. The quantitative estimate of drug-likeness (QED) is 0.779. The lowest BCUT2D eigenvalue weighted by molar-refractivity contribution is -0.147. The first-order valence-electron chi connectivity index (χ1n) is 6.89. The fourth-order valence-corrected chi connectivity index (χ4v) is 3.00. The van der Waals surface area contributed by atoms with Crippen molar-refractivity contribution in [2.45, 2.75) is 25.8 Å². The third-order valence-electron chi connectivity index (χ3n) is 3.47. The summed E-state index contributed by atoms with van der Waals surface area (Å²) < 4.78 is 10.9. The number of carbonyl (C=O) groups excluding carboxylic acids is 2. The molecule has 0 unspecified atom stereocenters. The number of ether oxygens (including phenoxy) is 2. The van der Waals surface area contributed by atoms with Gasteiger partial charge in [0.05, 0.1) is 18.2 Å². The summed E-state index contributed by atoms with van der Waals surface area (Å²) in [6.45, 7) is 2.66. The molecule has 2 rings (SSSR count). The van der Waals surface area contributed by atoms with Crippen molar-refractivity contribution < 1.29 is 19.1 Å². The van der Waals surface area contributed by atoms with Crippen molar-refractivity contribution in [1.29, 1.82) is 0 Å². The normalized spacial score (nSPS) is 17.7. The van der Waals surface area contributed by atoms with E-state index in [0.717, 1.165) is 6.42 Å². The Morgan fingerprint density at radius 1 is 1.43 bits per heavy atom. The van der Waals surface area contributed by atoms with E-state index < -0.39 is 6.04 Å². The number of benzene rings is 1. The molecular formula is C15H18BrNO4. The highest BCUT2D eigenvalue weighted by molar-refractivity contribution is 9.10. The van der Waals surface area contributed by atoms with Gasteiger partial charge in [-0.05, 0) is 53.9 Å². The van der Waals surface area contributed by atoms with Crippen LogP contribution in [-0.4, -0.2) is 43.1 Å². The average Bonchev–Trinajstić information content (AvgIpc) is 2.96. The third-order valence-corrected chi connectivity index (χ3v) is 4.09. The van der Waals surface area contributed by atoms with Gasteiger partial charge in [-0.25, -0.2) is 4.79 Å². The average molecular weight is 356 g/mol. The van der Waals surface area contributed by atoms with Crippen LogP contribution in [-0.2, 0) is 9.53 Å². The van der Waals surface area contributed by atoms with Crippen LogP contribution in [0.3, 0.4) is 0 Å². The van der Waals surface area contributed by atoms with Crippen LogP contribution < -0.4 is 4.74 Å². The Morgan fingerprint density at radius 2 is 2.19 bits per heavy atom. The van der Waals surface area contributed by atoms with Crippen molar-refractivity contribution in [3.63, 3.8) is 0 Å². The molecule has 1 fully saturated rings. The van der Waals surface area contributed by atoms with Crippen LogP contribution in [0.5, 0.6) is 5.75 Å². The second-order valence-electron chi connectivity index (χ2n) is 4.76. The van der Waals surface area contributed by atoms with E-state index in [0.29, 0.717) is 35.4 Å². The number of carbonyl (C=O) groups is 2. The molecule has 1 aliphatic rings. The lowest BCUT2D eigenvalue weighted by Crippen LogP contribution is -2.41. The molecule has 0 radical (unpaired) electrons. The summed E-state index contributed by atoms with van der Waals surface area (Å²) in [5, 5.41) is 0. The van der Waals surface area contributed by atoms with Crippen LogP contribution in [0.1, 0.15) is 30.1 Å². The van der Waals surface area contributed by atoms with Crippen LogP contribution in [0, 0.1) is 0 Å². The zero-order valence-electron chi connectivity index (χ0n) is 12.1. The minimum absolute atomic E-state index is 0.158. The van der Waals surface area contributed by atoms with Gasteiger partial charge in [0.1, 0.15) is 11.8 Å². The molecule has 1 heterocycles. The molecular weight excluding hydrogens is 338 g/mol. The van der Waals surface area contributed by atoms with E-state index in [1.807, 2.05) is 0 Å². The van der Waals surface area contributed by atoms with Crippen molar-refractivity contribution in [1.82, 2.24) is 4.90 Å². The summed E-state index contributed by atoms with van der Waals surface area (Å²) in [5.41, 5.74) is 0.527.